The number of nitrogens with one attached hydrogen (secondary N) is 1. The van der Waals surface area contributed by atoms with Crippen molar-refractivity contribution in [3.05, 3.63) is 47.4 Å². The van der Waals surface area contributed by atoms with Crippen LogP contribution in [-0.4, -0.2) is 30.0 Å². The predicted molar refractivity (Wildman–Crippen MR) is 75.8 cm³/mol. The number of nitrogens with zero attached hydrogens (tertiary/aromatic N) is 3. The Morgan fingerprint density at radius 3 is 2.47 bits per heavy atom. The average molecular weight is 277 g/mol. The highest BCUT2D eigenvalue weighted by molar-refractivity contribution is 6.29. The number of hydrogen-bond acceptors (Lipinski definition) is 4. The van der Waals surface area contributed by atoms with Crippen molar-refractivity contribution in [1.82, 2.24) is 9.97 Å². The molecule has 0 fully saturated rings. The van der Waals surface area contributed by atoms with E-state index < -0.39 is 0 Å². The van der Waals surface area contributed by atoms with Crippen molar-refractivity contribution in [1.29, 1.82) is 0 Å². The first-order chi connectivity index (χ1) is 9.06. The molecule has 1 amide bonds. The molecular weight excluding hydrogens is 264 g/mol. The number of benzene rings is 1. The Balaban J connectivity index is 2.11. The van der Waals surface area contributed by atoms with Crippen LogP contribution in [0, 0.1) is 0 Å². The van der Waals surface area contributed by atoms with E-state index >= 15 is 0 Å². The summed E-state index contributed by atoms with van der Waals surface area (Å²) in [6.45, 7) is 0. The van der Waals surface area contributed by atoms with Gasteiger partial charge < -0.3 is 10.2 Å². The first-order valence-electron chi connectivity index (χ1n) is 5.62. The molecule has 1 aromatic heterocycles. The molecule has 98 valence electrons. The number of amides is 1. The zero-order chi connectivity index (χ0) is 13.8. The first kappa shape index (κ1) is 13.3. The topological polar surface area (TPSA) is 58.1 Å². The Morgan fingerprint density at radius 2 is 1.89 bits per heavy atom. The van der Waals surface area contributed by atoms with Crippen LogP contribution in [0.2, 0.25) is 5.15 Å². The number of rotatable bonds is 3. The van der Waals surface area contributed by atoms with E-state index in [2.05, 4.69) is 15.3 Å². The van der Waals surface area contributed by atoms with Crippen LogP contribution >= 0.6 is 11.6 Å². The predicted octanol–water partition coefficient (Wildman–Crippen LogP) is 2.45. The van der Waals surface area contributed by atoms with Gasteiger partial charge >= 0.3 is 0 Å². The third kappa shape index (κ3) is 3.42. The van der Waals surface area contributed by atoms with Crippen LogP contribution in [0.15, 0.2) is 36.7 Å². The number of carbonyl (C=O) groups is 1. The minimum absolute atomic E-state index is 0.237. The quantitative estimate of drug-likeness (QED) is 0.935. The van der Waals surface area contributed by atoms with Gasteiger partial charge in [0, 0.05) is 25.3 Å². The second-order valence-corrected chi connectivity index (χ2v) is 4.51. The molecule has 0 radical (unpaired) electrons. The lowest BCUT2D eigenvalue weighted by Crippen LogP contribution is -2.14. The van der Waals surface area contributed by atoms with Gasteiger partial charge in [-0.05, 0) is 24.3 Å². The van der Waals surface area contributed by atoms with Crippen molar-refractivity contribution >= 4 is 29.0 Å². The fourth-order valence-electron chi connectivity index (χ4n) is 1.50. The van der Waals surface area contributed by atoms with Crippen LogP contribution in [0.5, 0.6) is 0 Å². The second-order valence-electron chi connectivity index (χ2n) is 4.12. The highest BCUT2D eigenvalue weighted by Gasteiger charge is 2.07. The molecule has 0 aliphatic carbocycles. The highest BCUT2D eigenvalue weighted by atomic mass is 35.5. The zero-order valence-electron chi connectivity index (χ0n) is 10.6. The van der Waals surface area contributed by atoms with E-state index in [1.54, 1.807) is 12.1 Å². The largest absolute Gasteiger partial charge is 0.378 e. The van der Waals surface area contributed by atoms with Gasteiger partial charge in [0.1, 0.15) is 5.15 Å². The van der Waals surface area contributed by atoms with Gasteiger partial charge in [-0.25, -0.2) is 4.98 Å². The number of aromatic nitrogens is 2. The summed E-state index contributed by atoms with van der Waals surface area (Å²) in [5.74, 6) is 0.0797. The van der Waals surface area contributed by atoms with Crippen molar-refractivity contribution in [3.8, 4) is 0 Å². The Kier molecular flexibility index (Phi) is 3.97. The number of halogens is 1. The molecule has 6 heteroatoms. The zero-order valence-corrected chi connectivity index (χ0v) is 11.3. The highest BCUT2D eigenvalue weighted by Crippen LogP contribution is 2.14. The molecule has 1 N–H and O–H groups in total. The van der Waals surface area contributed by atoms with Gasteiger partial charge in [-0.15, -0.1) is 0 Å². The van der Waals surface area contributed by atoms with Gasteiger partial charge in [-0.3, -0.25) is 9.78 Å². The molecule has 1 heterocycles. The van der Waals surface area contributed by atoms with Crippen LogP contribution in [0.4, 0.5) is 11.5 Å². The SMILES string of the molecule is CN(C)c1ccc(C(=O)Nc2cncc(Cl)n2)cc1. The molecule has 0 atom stereocenters. The minimum Gasteiger partial charge on any atom is -0.378 e. The van der Waals surface area contributed by atoms with Gasteiger partial charge in [0.05, 0.1) is 12.4 Å². The van der Waals surface area contributed by atoms with Gasteiger partial charge in [0.2, 0.25) is 0 Å². The maximum absolute atomic E-state index is 12.0. The lowest BCUT2D eigenvalue weighted by Gasteiger charge is -2.12. The van der Waals surface area contributed by atoms with E-state index in [4.69, 9.17) is 11.6 Å². The summed E-state index contributed by atoms with van der Waals surface area (Å²) in [5, 5.41) is 2.87. The summed E-state index contributed by atoms with van der Waals surface area (Å²) in [5.41, 5.74) is 1.58. The van der Waals surface area contributed by atoms with E-state index in [1.807, 2.05) is 31.1 Å². The van der Waals surface area contributed by atoms with E-state index in [9.17, 15) is 4.79 Å². The van der Waals surface area contributed by atoms with Gasteiger partial charge in [0.15, 0.2) is 5.82 Å². The maximum atomic E-state index is 12.0. The molecule has 0 aliphatic heterocycles. The van der Waals surface area contributed by atoms with E-state index in [0.29, 0.717) is 11.4 Å². The Labute approximate surface area is 116 Å². The van der Waals surface area contributed by atoms with Crippen LogP contribution in [0.3, 0.4) is 0 Å². The van der Waals surface area contributed by atoms with Crippen LogP contribution in [0.25, 0.3) is 0 Å². The van der Waals surface area contributed by atoms with E-state index in [0.717, 1.165) is 5.69 Å². The fraction of sp³-hybridized carbons (Fsp3) is 0.154. The molecule has 1 aromatic carbocycles. The molecule has 19 heavy (non-hydrogen) atoms. The van der Waals surface area contributed by atoms with Gasteiger partial charge in [0.25, 0.3) is 5.91 Å². The first-order valence-corrected chi connectivity index (χ1v) is 6.00. The summed E-state index contributed by atoms with van der Waals surface area (Å²) in [4.78, 5) is 21.7. The van der Waals surface area contributed by atoms with Crippen molar-refractivity contribution < 1.29 is 4.79 Å². The molecule has 0 bridgehead atoms. The standard InChI is InChI=1S/C13H13ClN4O/c1-18(2)10-5-3-9(4-6-10)13(19)17-12-8-15-7-11(14)16-12/h3-8H,1-2H3,(H,16,17,19). The molecular formula is C13H13ClN4O. The monoisotopic (exact) mass is 276 g/mol. The van der Waals surface area contributed by atoms with E-state index in [-0.39, 0.29) is 11.1 Å². The maximum Gasteiger partial charge on any atom is 0.256 e. The summed E-state index contributed by atoms with van der Waals surface area (Å²) >= 11 is 5.70. The Bertz CT molecular complexity index is 583. The molecule has 5 nitrogen and oxygen atoms in total. The molecule has 0 saturated heterocycles. The molecule has 2 aromatic rings. The molecule has 0 saturated carbocycles. The Morgan fingerprint density at radius 1 is 1.21 bits per heavy atom. The number of carbonyl (C=O) groups excluding carboxylic acids is 1. The number of anilines is 2. The van der Waals surface area contributed by atoms with Crippen LogP contribution in [-0.2, 0) is 0 Å². The molecule has 0 aliphatic rings. The van der Waals surface area contributed by atoms with Gasteiger partial charge in [-0.1, -0.05) is 11.6 Å². The molecule has 0 unspecified atom stereocenters. The summed E-state index contributed by atoms with van der Waals surface area (Å²) in [6, 6.07) is 7.25. The normalized spacial score (nSPS) is 10.1. The summed E-state index contributed by atoms with van der Waals surface area (Å²) in [7, 11) is 3.88. The smallest absolute Gasteiger partial charge is 0.256 e. The lowest BCUT2D eigenvalue weighted by atomic mass is 10.2. The van der Waals surface area contributed by atoms with Crippen molar-refractivity contribution in [2.45, 2.75) is 0 Å². The van der Waals surface area contributed by atoms with Crippen LogP contribution < -0.4 is 10.2 Å². The fourth-order valence-corrected chi connectivity index (χ4v) is 1.65. The van der Waals surface area contributed by atoms with Crippen molar-refractivity contribution in [2.24, 2.45) is 0 Å². The van der Waals surface area contributed by atoms with Crippen molar-refractivity contribution in [2.75, 3.05) is 24.3 Å². The summed E-state index contributed by atoms with van der Waals surface area (Å²) in [6.07, 6.45) is 2.85. The molecule has 0 spiro atoms. The third-order valence-electron chi connectivity index (χ3n) is 2.49. The number of hydrogen-bond donors (Lipinski definition) is 1. The summed E-state index contributed by atoms with van der Waals surface area (Å²) < 4.78 is 0. The third-order valence-corrected chi connectivity index (χ3v) is 2.67. The molecule has 2 rings (SSSR count). The Hall–Kier alpha value is -2.14. The second kappa shape index (κ2) is 5.67. The van der Waals surface area contributed by atoms with Crippen molar-refractivity contribution in [3.63, 3.8) is 0 Å². The lowest BCUT2D eigenvalue weighted by molar-refractivity contribution is 0.102. The van der Waals surface area contributed by atoms with E-state index in [1.165, 1.54) is 12.4 Å². The minimum atomic E-state index is -0.248. The van der Waals surface area contributed by atoms with Crippen LogP contribution in [0.1, 0.15) is 10.4 Å². The average Bonchev–Trinajstić information content (AvgIpc) is 2.39. The van der Waals surface area contributed by atoms with Gasteiger partial charge in [-0.2, -0.15) is 0 Å².